The fraction of sp³-hybridized carbons (Fsp3) is 0.846. The largest absolute Gasteiger partial charge is 0.344 e. The van der Waals surface area contributed by atoms with Crippen LogP contribution in [0.15, 0.2) is 4.99 Å². The van der Waals surface area contributed by atoms with Crippen LogP contribution in [0.3, 0.4) is 0 Å². The Morgan fingerprint density at radius 2 is 1.78 bits per heavy atom. The second-order valence-corrected chi connectivity index (χ2v) is 4.65. The molecule has 0 saturated carbocycles. The third-order valence-electron chi connectivity index (χ3n) is 2.95. The molecule has 2 N–H and O–H groups in total. The molecule has 1 fully saturated rings. The van der Waals surface area contributed by atoms with Crippen molar-refractivity contribution in [3.8, 4) is 0 Å². The summed E-state index contributed by atoms with van der Waals surface area (Å²) in [6.07, 6.45) is 10.3. The van der Waals surface area contributed by atoms with E-state index in [1.165, 1.54) is 44.9 Å². The van der Waals surface area contributed by atoms with Crippen LogP contribution in [0.1, 0.15) is 58.3 Å². The quantitative estimate of drug-likeness (QED) is 0.622. The lowest BCUT2D eigenvalue weighted by molar-refractivity contribution is 0.0786. The Hall–Kier alpha value is -1.10. The number of hydrogen-bond acceptors (Lipinski definition) is 3. The van der Waals surface area contributed by atoms with Gasteiger partial charge in [0.25, 0.3) is 0 Å². The molecule has 0 unspecified atom stereocenters. The molecule has 2 amide bonds. The predicted octanol–water partition coefficient (Wildman–Crippen LogP) is 2.77. The monoisotopic (exact) mass is 255 g/mol. The first-order valence-electron chi connectivity index (χ1n) is 7.05. The van der Waals surface area contributed by atoms with E-state index in [9.17, 15) is 4.79 Å². The molecule has 0 aromatic heterocycles. The Kier molecular flexibility index (Phi) is 8.21. The normalized spacial score (nSPS) is 17.6. The SMILES string of the molecule is CCCCCCCCCCN=C1CONC(=O)N1. The topological polar surface area (TPSA) is 62.7 Å². The summed E-state index contributed by atoms with van der Waals surface area (Å²) < 4.78 is 0. The van der Waals surface area contributed by atoms with Gasteiger partial charge in [-0.05, 0) is 6.42 Å². The van der Waals surface area contributed by atoms with Crippen molar-refractivity contribution in [2.75, 3.05) is 13.2 Å². The van der Waals surface area contributed by atoms with Gasteiger partial charge in [0.2, 0.25) is 0 Å². The average molecular weight is 255 g/mol. The number of unbranched alkanes of at least 4 members (excludes halogenated alkanes) is 7. The van der Waals surface area contributed by atoms with Gasteiger partial charge in [-0.3, -0.25) is 15.1 Å². The summed E-state index contributed by atoms with van der Waals surface area (Å²) in [4.78, 5) is 20.0. The van der Waals surface area contributed by atoms with Crippen molar-refractivity contribution in [3.05, 3.63) is 0 Å². The molecule has 0 spiro atoms. The van der Waals surface area contributed by atoms with Crippen LogP contribution in [0.5, 0.6) is 0 Å². The molecule has 1 aliphatic rings. The maximum Gasteiger partial charge on any atom is 0.344 e. The van der Waals surface area contributed by atoms with E-state index in [0.29, 0.717) is 12.4 Å². The fourth-order valence-electron chi connectivity index (χ4n) is 1.91. The molecular formula is C13H25N3O2. The van der Waals surface area contributed by atoms with E-state index in [2.05, 4.69) is 22.7 Å². The molecule has 0 aromatic rings. The number of amides is 2. The maximum atomic E-state index is 10.9. The minimum absolute atomic E-state index is 0.336. The highest BCUT2D eigenvalue weighted by Crippen LogP contribution is 2.08. The van der Waals surface area contributed by atoms with Gasteiger partial charge in [0.15, 0.2) is 0 Å². The third-order valence-corrected chi connectivity index (χ3v) is 2.95. The molecule has 104 valence electrons. The number of amidine groups is 1. The molecule has 1 rings (SSSR count). The van der Waals surface area contributed by atoms with Crippen LogP contribution in [-0.4, -0.2) is 25.0 Å². The standard InChI is InChI=1S/C13H25N3O2/c1-2-3-4-5-6-7-8-9-10-14-12-11-18-16-13(17)15-12/h2-11H2,1H3,(H2,14,15,16,17). The summed E-state index contributed by atoms with van der Waals surface area (Å²) in [7, 11) is 0. The summed E-state index contributed by atoms with van der Waals surface area (Å²) in [5.41, 5.74) is 2.22. The van der Waals surface area contributed by atoms with E-state index < -0.39 is 0 Å². The van der Waals surface area contributed by atoms with Gasteiger partial charge in [-0.25, -0.2) is 10.3 Å². The molecule has 0 bridgehead atoms. The number of nitrogens with zero attached hydrogens (tertiary/aromatic N) is 1. The van der Waals surface area contributed by atoms with Crippen LogP contribution < -0.4 is 10.8 Å². The van der Waals surface area contributed by atoms with Crippen molar-refractivity contribution in [3.63, 3.8) is 0 Å². The Balaban J connectivity index is 1.91. The van der Waals surface area contributed by atoms with Gasteiger partial charge in [-0.1, -0.05) is 51.9 Å². The summed E-state index contributed by atoms with van der Waals surface area (Å²) in [6, 6.07) is -0.337. The molecule has 5 heteroatoms. The number of hydroxylamine groups is 1. The number of rotatable bonds is 9. The molecule has 0 aliphatic carbocycles. The lowest BCUT2D eigenvalue weighted by atomic mass is 10.1. The Morgan fingerprint density at radius 1 is 1.11 bits per heavy atom. The van der Waals surface area contributed by atoms with Crippen LogP contribution in [0, 0.1) is 0 Å². The van der Waals surface area contributed by atoms with Crippen molar-refractivity contribution < 1.29 is 9.63 Å². The van der Waals surface area contributed by atoms with Gasteiger partial charge in [-0.2, -0.15) is 0 Å². The van der Waals surface area contributed by atoms with E-state index in [-0.39, 0.29) is 6.03 Å². The summed E-state index contributed by atoms with van der Waals surface area (Å²) >= 11 is 0. The minimum atomic E-state index is -0.337. The van der Waals surface area contributed by atoms with Crippen molar-refractivity contribution in [2.45, 2.75) is 58.3 Å². The average Bonchev–Trinajstić information content (AvgIpc) is 2.37. The van der Waals surface area contributed by atoms with Gasteiger partial charge in [-0.15, -0.1) is 0 Å². The first-order chi connectivity index (χ1) is 8.83. The smallest absolute Gasteiger partial charge is 0.292 e. The molecule has 1 aliphatic heterocycles. The number of carbonyl (C=O) groups excluding carboxylic acids is 1. The highest BCUT2D eigenvalue weighted by molar-refractivity contribution is 5.99. The molecule has 0 atom stereocenters. The van der Waals surface area contributed by atoms with Crippen LogP contribution in [0.25, 0.3) is 0 Å². The zero-order valence-electron chi connectivity index (χ0n) is 11.3. The Bertz CT molecular complexity index is 267. The van der Waals surface area contributed by atoms with Gasteiger partial charge in [0.05, 0.1) is 0 Å². The second kappa shape index (κ2) is 9.88. The Labute approximate surface area is 109 Å². The minimum Gasteiger partial charge on any atom is -0.292 e. The lowest BCUT2D eigenvalue weighted by Crippen LogP contribution is -2.48. The number of carbonyl (C=O) groups is 1. The molecule has 1 heterocycles. The van der Waals surface area contributed by atoms with Crippen molar-refractivity contribution >= 4 is 11.9 Å². The van der Waals surface area contributed by atoms with E-state index in [1.54, 1.807) is 0 Å². The van der Waals surface area contributed by atoms with E-state index in [4.69, 9.17) is 4.84 Å². The van der Waals surface area contributed by atoms with Gasteiger partial charge >= 0.3 is 6.03 Å². The summed E-state index contributed by atoms with van der Waals surface area (Å²) in [5.74, 6) is 0.627. The summed E-state index contributed by atoms with van der Waals surface area (Å²) in [6.45, 7) is 3.35. The molecule has 0 aromatic carbocycles. The number of aliphatic imine (C=N–C) groups is 1. The van der Waals surface area contributed by atoms with Gasteiger partial charge in [0, 0.05) is 6.54 Å². The Morgan fingerprint density at radius 3 is 2.44 bits per heavy atom. The van der Waals surface area contributed by atoms with E-state index in [1.807, 2.05) is 0 Å². The lowest BCUT2D eigenvalue weighted by Gasteiger charge is -2.15. The van der Waals surface area contributed by atoms with E-state index >= 15 is 0 Å². The van der Waals surface area contributed by atoms with Crippen molar-refractivity contribution in [1.29, 1.82) is 0 Å². The van der Waals surface area contributed by atoms with Crippen molar-refractivity contribution in [2.24, 2.45) is 4.99 Å². The number of urea groups is 1. The first-order valence-corrected chi connectivity index (χ1v) is 7.05. The number of nitrogens with one attached hydrogen (secondary N) is 2. The predicted molar refractivity (Wildman–Crippen MR) is 72.5 cm³/mol. The maximum absolute atomic E-state index is 10.9. The highest BCUT2D eigenvalue weighted by Gasteiger charge is 2.11. The van der Waals surface area contributed by atoms with Gasteiger partial charge < -0.3 is 0 Å². The molecule has 0 radical (unpaired) electrons. The highest BCUT2D eigenvalue weighted by atomic mass is 16.7. The molecule has 5 nitrogen and oxygen atoms in total. The van der Waals surface area contributed by atoms with Crippen LogP contribution in [0.2, 0.25) is 0 Å². The van der Waals surface area contributed by atoms with Crippen LogP contribution in [-0.2, 0) is 4.84 Å². The third kappa shape index (κ3) is 7.27. The van der Waals surface area contributed by atoms with Gasteiger partial charge in [0.1, 0.15) is 12.4 Å². The second-order valence-electron chi connectivity index (χ2n) is 4.65. The fourth-order valence-corrected chi connectivity index (χ4v) is 1.91. The van der Waals surface area contributed by atoms with Crippen molar-refractivity contribution in [1.82, 2.24) is 10.8 Å². The zero-order valence-corrected chi connectivity index (χ0v) is 11.3. The molecule has 18 heavy (non-hydrogen) atoms. The zero-order chi connectivity index (χ0) is 13.1. The molecule has 1 saturated heterocycles. The van der Waals surface area contributed by atoms with Crippen LogP contribution >= 0.6 is 0 Å². The van der Waals surface area contributed by atoms with Crippen LogP contribution in [0.4, 0.5) is 4.79 Å². The number of hydrogen-bond donors (Lipinski definition) is 2. The molecular weight excluding hydrogens is 230 g/mol. The summed E-state index contributed by atoms with van der Waals surface area (Å²) in [5, 5.41) is 2.62. The van der Waals surface area contributed by atoms with E-state index in [0.717, 1.165) is 13.0 Å². The first kappa shape index (κ1) is 15.0.